The summed E-state index contributed by atoms with van der Waals surface area (Å²) in [6, 6.07) is 6.00. The van der Waals surface area contributed by atoms with Gasteiger partial charge in [0.1, 0.15) is 5.82 Å². The molecular formula is C10H8FN3. The Balaban J connectivity index is 2.57. The first-order chi connectivity index (χ1) is 6.77. The molecule has 0 saturated carbocycles. The van der Waals surface area contributed by atoms with E-state index in [2.05, 4.69) is 9.97 Å². The van der Waals surface area contributed by atoms with Crippen molar-refractivity contribution in [3.8, 4) is 11.4 Å². The third kappa shape index (κ3) is 1.54. The number of nitrogens with zero attached hydrogens (tertiary/aromatic N) is 2. The van der Waals surface area contributed by atoms with Crippen LogP contribution in [0.4, 0.5) is 10.1 Å². The van der Waals surface area contributed by atoms with E-state index in [1.165, 1.54) is 18.2 Å². The summed E-state index contributed by atoms with van der Waals surface area (Å²) in [7, 11) is 0. The number of anilines is 1. The van der Waals surface area contributed by atoms with Gasteiger partial charge < -0.3 is 5.73 Å². The van der Waals surface area contributed by atoms with E-state index in [-0.39, 0.29) is 5.82 Å². The fourth-order valence-electron chi connectivity index (χ4n) is 1.15. The van der Waals surface area contributed by atoms with Gasteiger partial charge in [-0.1, -0.05) is 0 Å². The summed E-state index contributed by atoms with van der Waals surface area (Å²) in [5.41, 5.74) is 6.36. The van der Waals surface area contributed by atoms with Gasteiger partial charge in [0, 0.05) is 18.1 Å². The van der Waals surface area contributed by atoms with E-state index in [9.17, 15) is 4.39 Å². The van der Waals surface area contributed by atoms with Gasteiger partial charge >= 0.3 is 0 Å². The maximum Gasteiger partial charge on any atom is 0.162 e. The zero-order valence-corrected chi connectivity index (χ0v) is 7.31. The van der Waals surface area contributed by atoms with Gasteiger partial charge in [-0.2, -0.15) is 0 Å². The van der Waals surface area contributed by atoms with Crippen LogP contribution in [-0.4, -0.2) is 9.97 Å². The second-order valence-electron chi connectivity index (χ2n) is 2.81. The minimum atomic E-state index is -0.370. The Kier molecular flexibility index (Phi) is 2.10. The van der Waals surface area contributed by atoms with E-state index in [1.54, 1.807) is 18.5 Å². The van der Waals surface area contributed by atoms with Crippen molar-refractivity contribution in [1.29, 1.82) is 0 Å². The molecule has 1 aromatic heterocycles. The van der Waals surface area contributed by atoms with Crippen molar-refractivity contribution >= 4 is 5.69 Å². The molecule has 3 nitrogen and oxygen atoms in total. The van der Waals surface area contributed by atoms with Gasteiger partial charge in [-0.3, -0.25) is 0 Å². The number of nitrogens with two attached hydrogens (primary N) is 1. The molecule has 14 heavy (non-hydrogen) atoms. The second-order valence-corrected chi connectivity index (χ2v) is 2.81. The first kappa shape index (κ1) is 8.62. The number of benzene rings is 1. The minimum Gasteiger partial charge on any atom is -0.399 e. The van der Waals surface area contributed by atoms with Crippen molar-refractivity contribution in [1.82, 2.24) is 9.97 Å². The molecule has 0 unspecified atom stereocenters. The van der Waals surface area contributed by atoms with Gasteiger partial charge in [0.25, 0.3) is 0 Å². The highest BCUT2D eigenvalue weighted by atomic mass is 19.1. The van der Waals surface area contributed by atoms with Crippen LogP contribution in [0.2, 0.25) is 0 Å². The third-order valence-electron chi connectivity index (χ3n) is 1.80. The van der Waals surface area contributed by atoms with Crippen molar-refractivity contribution in [3.63, 3.8) is 0 Å². The lowest BCUT2D eigenvalue weighted by atomic mass is 10.2. The largest absolute Gasteiger partial charge is 0.399 e. The number of hydrogen-bond acceptors (Lipinski definition) is 3. The van der Waals surface area contributed by atoms with Crippen LogP contribution in [0.15, 0.2) is 36.7 Å². The van der Waals surface area contributed by atoms with Gasteiger partial charge in [0.05, 0.1) is 5.56 Å². The van der Waals surface area contributed by atoms with Crippen molar-refractivity contribution in [2.75, 3.05) is 5.73 Å². The number of hydrogen-bond donors (Lipinski definition) is 1. The van der Waals surface area contributed by atoms with Crippen LogP contribution in [0.5, 0.6) is 0 Å². The minimum absolute atomic E-state index is 0.325. The molecule has 2 rings (SSSR count). The molecule has 0 fully saturated rings. The molecule has 0 aliphatic rings. The van der Waals surface area contributed by atoms with Crippen LogP contribution in [-0.2, 0) is 0 Å². The van der Waals surface area contributed by atoms with Crippen LogP contribution in [0.3, 0.4) is 0 Å². The highest BCUT2D eigenvalue weighted by Gasteiger charge is 2.06. The van der Waals surface area contributed by atoms with Gasteiger partial charge in [-0.25, -0.2) is 14.4 Å². The normalized spacial score (nSPS) is 10.1. The summed E-state index contributed by atoms with van der Waals surface area (Å²) in [5.74, 6) is -0.0253. The second kappa shape index (κ2) is 3.41. The van der Waals surface area contributed by atoms with E-state index in [1.807, 2.05) is 0 Å². The van der Waals surface area contributed by atoms with Gasteiger partial charge in [-0.15, -0.1) is 0 Å². The van der Waals surface area contributed by atoms with Crippen LogP contribution < -0.4 is 5.73 Å². The molecule has 0 aliphatic carbocycles. The maximum absolute atomic E-state index is 13.3. The van der Waals surface area contributed by atoms with Crippen molar-refractivity contribution in [3.05, 3.63) is 42.5 Å². The predicted octanol–water partition coefficient (Wildman–Crippen LogP) is 1.86. The molecule has 2 N–H and O–H groups in total. The maximum atomic E-state index is 13.3. The first-order valence-electron chi connectivity index (χ1n) is 4.10. The zero-order chi connectivity index (χ0) is 9.97. The fourth-order valence-corrected chi connectivity index (χ4v) is 1.15. The third-order valence-corrected chi connectivity index (χ3v) is 1.80. The number of halogens is 1. The van der Waals surface area contributed by atoms with Crippen molar-refractivity contribution < 1.29 is 4.39 Å². The van der Waals surface area contributed by atoms with Crippen LogP contribution in [0, 0.1) is 5.82 Å². The highest BCUT2D eigenvalue weighted by molar-refractivity contribution is 5.61. The molecule has 0 spiro atoms. The smallest absolute Gasteiger partial charge is 0.162 e. The molecule has 0 amide bonds. The molecule has 70 valence electrons. The number of aromatic nitrogens is 2. The molecule has 0 atom stereocenters. The fraction of sp³-hybridized carbons (Fsp3) is 0. The zero-order valence-electron chi connectivity index (χ0n) is 7.31. The number of nitrogen functional groups attached to an aromatic ring is 1. The molecule has 1 aromatic carbocycles. The average molecular weight is 189 g/mol. The Morgan fingerprint density at radius 2 is 1.86 bits per heavy atom. The Hall–Kier alpha value is -1.97. The molecule has 0 aliphatic heterocycles. The lowest BCUT2D eigenvalue weighted by molar-refractivity contribution is 0.630. The molecule has 0 bridgehead atoms. The molecular weight excluding hydrogens is 181 g/mol. The first-order valence-corrected chi connectivity index (χ1v) is 4.10. The lowest BCUT2D eigenvalue weighted by Gasteiger charge is -2.01. The van der Waals surface area contributed by atoms with Crippen LogP contribution >= 0.6 is 0 Å². The van der Waals surface area contributed by atoms with Crippen molar-refractivity contribution in [2.24, 2.45) is 0 Å². The van der Waals surface area contributed by atoms with Crippen molar-refractivity contribution in [2.45, 2.75) is 0 Å². The van der Waals surface area contributed by atoms with Gasteiger partial charge in [0.15, 0.2) is 5.82 Å². The van der Waals surface area contributed by atoms with Crippen LogP contribution in [0.25, 0.3) is 11.4 Å². The molecule has 2 aromatic rings. The monoisotopic (exact) mass is 189 g/mol. The van der Waals surface area contributed by atoms with E-state index in [4.69, 9.17) is 5.73 Å². The highest BCUT2D eigenvalue weighted by Crippen LogP contribution is 2.20. The summed E-state index contributed by atoms with van der Waals surface area (Å²) >= 11 is 0. The lowest BCUT2D eigenvalue weighted by Crippen LogP contribution is -1.93. The van der Waals surface area contributed by atoms with E-state index in [0.29, 0.717) is 17.1 Å². The quantitative estimate of drug-likeness (QED) is 0.696. The Morgan fingerprint density at radius 1 is 1.14 bits per heavy atom. The summed E-state index contributed by atoms with van der Waals surface area (Å²) in [4.78, 5) is 7.89. The Labute approximate surface area is 80.4 Å². The summed E-state index contributed by atoms with van der Waals surface area (Å²) in [5, 5.41) is 0. The molecule has 4 heteroatoms. The SMILES string of the molecule is Nc1ccc(F)c(-c2ncccn2)c1. The van der Waals surface area contributed by atoms with E-state index < -0.39 is 0 Å². The van der Waals surface area contributed by atoms with E-state index >= 15 is 0 Å². The average Bonchev–Trinajstić information content (AvgIpc) is 2.23. The van der Waals surface area contributed by atoms with Crippen LogP contribution in [0.1, 0.15) is 0 Å². The standard InChI is InChI=1S/C10H8FN3/c11-9-3-2-7(12)6-8(9)10-13-4-1-5-14-10/h1-6H,12H2. The van der Waals surface area contributed by atoms with Gasteiger partial charge in [0.2, 0.25) is 0 Å². The van der Waals surface area contributed by atoms with Gasteiger partial charge in [-0.05, 0) is 24.3 Å². The van der Waals surface area contributed by atoms with E-state index in [0.717, 1.165) is 0 Å². The summed E-state index contributed by atoms with van der Waals surface area (Å²) in [6.07, 6.45) is 3.12. The molecule has 0 saturated heterocycles. The molecule has 0 radical (unpaired) electrons. The Morgan fingerprint density at radius 3 is 2.57 bits per heavy atom. The summed E-state index contributed by atoms with van der Waals surface area (Å²) < 4.78 is 13.3. The predicted molar refractivity (Wildman–Crippen MR) is 51.8 cm³/mol. The molecule has 1 heterocycles. The topological polar surface area (TPSA) is 51.8 Å². The summed E-state index contributed by atoms with van der Waals surface area (Å²) in [6.45, 7) is 0. The Bertz CT molecular complexity index is 442. The number of rotatable bonds is 1.